The van der Waals surface area contributed by atoms with Gasteiger partial charge in [-0.1, -0.05) is 47.6 Å². The van der Waals surface area contributed by atoms with Crippen LogP contribution in [-0.2, 0) is 14.0 Å². The van der Waals surface area contributed by atoms with Crippen molar-refractivity contribution in [1.82, 2.24) is 4.98 Å². The Labute approximate surface area is 203 Å². The van der Waals surface area contributed by atoms with Gasteiger partial charge in [-0.3, -0.25) is 9.78 Å². The Morgan fingerprint density at radius 2 is 1.59 bits per heavy atom. The third kappa shape index (κ3) is 5.25. The number of hydrogen-bond donors (Lipinski definition) is 0. The van der Waals surface area contributed by atoms with Crippen molar-refractivity contribution in [1.29, 1.82) is 0 Å². The van der Waals surface area contributed by atoms with Crippen molar-refractivity contribution in [2.45, 2.75) is 96.1 Å². The van der Waals surface area contributed by atoms with Crippen molar-refractivity contribution >= 4 is 14.3 Å². The molecule has 2 aromatic rings. The number of pyridine rings is 1. The first-order valence-corrected chi connectivity index (χ1v) is 14.4. The standard InChI is InChI=1S/C27H37F2NO3Si/c1-16(2)34(17(3)4,18(5)6)33-25-11-10-23(20-13-21(28)15-22(29)14-20)27(32-19(7)31)24-9-8-12-30-26(24)25/h8-9,12-18,23,25,27H,10-11H2,1-7H3. The molecule has 0 bridgehead atoms. The molecule has 0 saturated heterocycles. The van der Waals surface area contributed by atoms with Crippen molar-refractivity contribution in [3.63, 3.8) is 0 Å². The molecule has 3 rings (SSSR count). The molecule has 1 heterocycles. The highest BCUT2D eigenvalue weighted by Crippen LogP contribution is 2.50. The second kappa shape index (κ2) is 10.6. The fourth-order valence-electron chi connectivity index (χ4n) is 6.00. The summed E-state index contributed by atoms with van der Waals surface area (Å²) in [5.41, 5.74) is 3.14. The van der Waals surface area contributed by atoms with Gasteiger partial charge in [0.1, 0.15) is 17.7 Å². The molecular weight excluding hydrogens is 452 g/mol. The molecule has 1 aliphatic carbocycles. The summed E-state index contributed by atoms with van der Waals surface area (Å²) in [4.78, 5) is 16.8. The molecule has 0 fully saturated rings. The summed E-state index contributed by atoms with van der Waals surface area (Å²) in [5.74, 6) is -2.16. The predicted molar refractivity (Wildman–Crippen MR) is 132 cm³/mol. The summed E-state index contributed by atoms with van der Waals surface area (Å²) < 4.78 is 41.3. The van der Waals surface area contributed by atoms with Gasteiger partial charge in [0.25, 0.3) is 0 Å². The van der Waals surface area contributed by atoms with Crippen LogP contribution in [0.2, 0.25) is 16.6 Å². The van der Waals surface area contributed by atoms with Crippen LogP contribution in [0, 0.1) is 11.6 Å². The molecule has 1 aromatic carbocycles. The first kappa shape index (κ1) is 26.5. The van der Waals surface area contributed by atoms with Crippen molar-refractivity contribution < 1.29 is 22.7 Å². The highest BCUT2D eigenvalue weighted by atomic mass is 28.4. The lowest BCUT2D eigenvalue weighted by Crippen LogP contribution is -2.48. The quantitative estimate of drug-likeness (QED) is 0.226. The zero-order chi connectivity index (χ0) is 25.2. The summed E-state index contributed by atoms with van der Waals surface area (Å²) >= 11 is 0. The van der Waals surface area contributed by atoms with E-state index < -0.39 is 37.9 Å². The molecule has 0 aliphatic heterocycles. The van der Waals surface area contributed by atoms with Gasteiger partial charge < -0.3 is 9.16 Å². The average Bonchev–Trinajstić information content (AvgIpc) is 2.87. The SMILES string of the molecule is CC(=O)OC1c2cccnc2C(O[Si](C(C)C)(C(C)C)C(C)C)CCC1c1cc(F)cc(F)c1. The van der Waals surface area contributed by atoms with Crippen LogP contribution < -0.4 is 0 Å². The monoisotopic (exact) mass is 489 g/mol. The molecule has 1 aliphatic rings. The Morgan fingerprint density at radius 1 is 1.00 bits per heavy atom. The minimum Gasteiger partial charge on any atom is -0.457 e. The van der Waals surface area contributed by atoms with Crippen LogP contribution in [0.25, 0.3) is 0 Å². The summed E-state index contributed by atoms with van der Waals surface area (Å²) in [7, 11) is -2.25. The highest BCUT2D eigenvalue weighted by molar-refractivity contribution is 6.77. The number of halogens is 2. The van der Waals surface area contributed by atoms with E-state index in [1.807, 2.05) is 6.07 Å². The van der Waals surface area contributed by atoms with Gasteiger partial charge in [-0.25, -0.2) is 8.78 Å². The third-order valence-electron chi connectivity index (χ3n) is 7.25. The van der Waals surface area contributed by atoms with Crippen LogP contribution in [0.5, 0.6) is 0 Å². The Kier molecular flexibility index (Phi) is 8.29. The topological polar surface area (TPSA) is 48.4 Å². The number of ether oxygens (including phenoxy) is 1. The van der Waals surface area contributed by atoms with Crippen molar-refractivity contribution in [3.05, 3.63) is 65.0 Å². The minimum atomic E-state index is -2.25. The van der Waals surface area contributed by atoms with E-state index in [1.54, 1.807) is 12.3 Å². The Bertz CT molecular complexity index is 969. The molecular formula is C27H37F2NO3Si. The Morgan fingerprint density at radius 3 is 2.12 bits per heavy atom. The second-order valence-corrected chi connectivity index (χ2v) is 15.7. The zero-order valence-electron chi connectivity index (χ0n) is 21.3. The van der Waals surface area contributed by atoms with Crippen LogP contribution in [0.15, 0.2) is 36.5 Å². The summed E-state index contributed by atoms with van der Waals surface area (Å²) in [6.07, 6.45) is 1.90. The number of nitrogens with zero attached hydrogens (tertiary/aromatic N) is 1. The van der Waals surface area contributed by atoms with E-state index in [9.17, 15) is 13.6 Å². The molecule has 0 amide bonds. The zero-order valence-corrected chi connectivity index (χ0v) is 22.3. The number of rotatable bonds is 7. The van der Waals surface area contributed by atoms with Crippen LogP contribution in [0.4, 0.5) is 8.78 Å². The number of benzene rings is 1. The van der Waals surface area contributed by atoms with Gasteiger partial charge in [-0.15, -0.1) is 0 Å². The summed E-state index contributed by atoms with van der Waals surface area (Å²) in [6, 6.07) is 7.21. The Hall–Kier alpha value is -2.12. The fourth-order valence-corrected chi connectivity index (χ4v) is 11.5. The molecule has 186 valence electrons. The van der Waals surface area contributed by atoms with Crippen molar-refractivity contribution in [2.75, 3.05) is 0 Å². The molecule has 0 radical (unpaired) electrons. The van der Waals surface area contributed by atoms with Crippen LogP contribution in [0.3, 0.4) is 0 Å². The van der Waals surface area contributed by atoms with Gasteiger partial charge >= 0.3 is 5.97 Å². The maximum atomic E-state index is 14.2. The molecule has 4 nitrogen and oxygen atoms in total. The lowest BCUT2D eigenvalue weighted by atomic mass is 9.87. The van der Waals surface area contributed by atoms with Crippen LogP contribution in [0.1, 0.15) is 96.3 Å². The molecule has 1 aromatic heterocycles. The number of carbonyl (C=O) groups is 1. The van der Waals surface area contributed by atoms with Crippen molar-refractivity contribution in [2.24, 2.45) is 0 Å². The number of carbonyl (C=O) groups excluding carboxylic acids is 1. The number of esters is 1. The number of hydrogen-bond acceptors (Lipinski definition) is 4. The van der Waals surface area contributed by atoms with E-state index in [2.05, 4.69) is 41.5 Å². The molecule has 3 unspecified atom stereocenters. The lowest BCUT2D eigenvalue weighted by Gasteiger charge is -2.44. The molecule has 3 atom stereocenters. The van der Waals surface area contributed by atoms with Gasteiger partial charge in [0.15, 0.2) is 0 Å². The van der Waals surface area contributed by atoms with E-state index >= 15 is 0 Å². The first-order chi connectivity index (χ1) is 16.0. The van der Waals surface area contributed by atoms with E-state index in [-0.39, 0.29) is 6.10 Å². The van der Waals surface area contributed by atoms with Crippen molar-refractivity contribution in [3.8, 4) is 0 Å². The van der Waals surface area contributed by atoms with Crippen LogP contribution in [-0.4, -0.2) is 19.3 Å². The van der Waals surface area contributed by atoms with E-state index in [0.29, 0.717) is 35.0 Å². The summed E-state index contributed by atoms with van der Waals surface area (Å²) in [5, 5.41) is 0. The predicted octanol–water partition coefficient (Wildman–Crippen LogP) is 7.77. The van der Waals surface area contributed by atoms with E-state index in [4.69, 9.17) is 14.1 Å². The molecule has 0 saturated carbocycles. The Balaban J connectivity index is 2.14. The second-order valence-electron chi connectivity index (χ2n) is 10.3. The number of fused-ring (bicyclic) bond motifs is 1. The molecule has 0 spiro atoms. The van der Waals surface area contributed by atoms with Gasteiger partial charge in [0, 0.05) is 30.7 Å². The summed E-state index contributed by atoms with van der Waals surface area (Å²) in [6.45, 7) is 14.8. The lowest BCUT2D eigenvalue weighted by molar-refractivity contribution is -0.148. The van der Waals surface area contributed by atoms with E-state index in [0.717, 1.165) is 17.3 Å². The van der Waals surface area contributed by atoms with E-state index in [1.165, 1.54) is 19.1 Å². The smallest absolute Gasteiger partial charge is 0.303 e. The van der Waals surface area contributed by atoms with Gasteiger partial charge in [-0.2, -0.15) is 0 Å². The minimum absolute atomic E-state index is 0.281. The van der Waals surface area contributed by atoms with Gasteiger partial charge in [-0.05, 0) is 53.2 Å². The molecule has 34 heavy (non-hydrogen) atoms. The average molecular weight is 490 g/mol. The van der Waals surface area contributed by atoms with Gasteiger partial charge in [0.05, 0.1) is 11.8 Å². The third-order valence-corrected chi connectivity index (χ3v) is 13.4. The van der Waals surface area contributed by atoms with Gasteiger partial charge in [0.2, 0.25) is 8.32 Å². The maximum absolute atomic E-state index is 14.2. The fraction of sp³-hybridized carbons (Fsp3) is 0.556. The normalized spacial score (nSPS) is 21.0. The largest absolute Gasteiger partial charge is 0.457 e. The maximum Gasteiger partial charge on any atom is 0.303 e. The van der Waals surface area contributed by atoms with Crippen LogP contribution >= 0.6 is 0 Å². The molecule has 0 N–H and O–H groups in total. The first-order valence-electron chi connectivity index (χ1n) is 12.2. The number of aromatic nitrogens is 1. The molecule has 7 heteroatoms. The highest BCUT2D eigenvalue weighted by Gasteiger charge is 2.48.